The van der Waals surface area contributed by atoms with Gasteiger partial charge in [-0.25, -0.2) is 4.39 Å². The first-order valence-electron chi connectivity index (χ1n) is 7.73. The Morgan fingerprint density at radius 2 is 2.26 bits per heavy atom. The largest absolute Gasteiger partial charge is 0.391 e. The van der Waals surface area contributed by atoms with Gasteiger partial charge in [-0.3, -0.25) is 0 Å². The van der Waals surface area contributed by atoms with Crippen molar-refractivity contribution < 1.29 is 9.23 Å². The summed E-state index contributed by atoms with van der Waals surface area (Å²) >= 11 is 3.27. The number of hydrogen-bond acceptors (Lipinski definition) is 3. The van der Waals surface area contributed by atoms with Gasteiger partial charge in [0.05, 0.1) is 5.71 Å². The van der Waals surface area contributed by atoms with Crippen LogP contribution in [0.1, 0.15) is 30.9 Å². The van der Waals surface area contributed by atoms with Crippen molar-refractivity contribution in [1.82, 2.24) is 0 Å². The maximum absolute atomic E-state index is 13.5. The van der Waals surface area contributed by atoms with Crippen LogP contribution in [0.3, 0.4) is 0 Å². The maximum Gasteiger partial charge on any atom is 0.144 e. The fourth-order valence-corrected chi connectivity index (χ4v) is 2.90. The number of nitrogens with zero attached hydrogens (tertiary/aromatic N) is 1. The first-order chi connectivity index (χ1) is 11.1. The lowest BCUT2D eigenvalue weighted by molar-refractivity contribution is 0.130. The van der Waals surface area contributed by atoms with E-state index in [2.05, 4.69) is 39.4 Å². The van der Waals surface area contributed by atoms with E-state index < -0.39 is 6.17 Å². The van der Waals surface area contributed by atoms with Crippen LogP contribution in [0.4, 0.5) is 10.1 Å². The number of alkyl halides is 1. The van der Waals surface area contributed by atoms with Gasteiger partial charge >= 0.3 is 0 Å². The Labute approximate surface area is 145 Å². The Morgan fingerprint density at radius 3 is 2.91 bits per heavy atom. The molecule has 23 heavy (non-hydrogen) atoms. The van der Waals surface area contributed by atoms with Crippen molar-refractivity contribution in [3.05, 3.63) is 51.5 Å². The van der Waals surface area contributed by atoms with Gasteiger partial charge in [-0.05, 0) is 36.6 Å². The van der Waals surface area contributed by atoms with Gasteiger partial charge < -0.3 is 10.2 Å². The number of aryl methyl sites for hydroxylation is 1. The Balaban J connectivity index is 2.10. The van der Waals surface area contributed by atoms with Gasteiger partial charge in [-0.15, -0.1) is 0 Å². The predicted octanol–water partition coefficient (Wildman–Crippen LogP) is 5.27. The Hall–Kier alpha value is -1.62. The zero-order valence-electron chi connectivity index (χ0n) is 13.7. The van der Waals surface area contributed by atoms with Crippen LogP contribution >= 0.6 is 15.9 Å². The fourth-order valence-electron chi connectivity index (χ4n) is 2.47. The molecule has 1 atom stereocenters. The van der Waals surface area contributed by atoms with Crippen molar-refractivity contribution in [1.29, 1.82) is 0 Å². The minimum absolute atomic E-state index is 0.368. The molecule has 1 unspecified atom stereocenters. The third-order valence-corrected chi connectivity index (χ3v) is 4.59. The summed E-state index contributed by atoms with van der Waals surface area (Å²) in [5.41, 5.74) is 5.04. The summed E-state index contributed by atoms with van der Waals surface area (Å²) in [6.45, 7) is 4.46. The Morgan fingerprint density at radius 1 is 1.48 bits per heavy atom. The normalized spacial score (nSPS) is 18.3. The van der Waals surface area contributed by atoms with E-state index in [4.69, 9.17) is 4.84 Å². The summed E-state index contributed by atoms with van der Waals surface area (Å²) in [7, 11) is 1.89. The number of anilines is 1. The molecule has 3 nitrogen and oxygen atoms in total. The number of oxime groups is 1. The molecule has 0 amide bonds. The molecular weight excluding hydrogens is 359 g/mol. The average molecular weight is 381 g/mol. The number of nitrogens with one attached hydrogen (secondary N) is 1. The zero-order chi connectivity index (χ0) is 16.8. The second-order valence-electron chi connectivity index (χ2n) is 5.41. The molecule has 0 fully saturated rings. The van der Waals surface area contributed by atoms with Gasteiger partial charge in [0.15, 0.2) is 0 Å². The van der Waals surface area contributed by atoms with Gasteiger partial charge in [0, 0.05) is 29.2 Å². The third-order valence-electron chi connectivity index (χ3n) is 3.87. The number of rotatable bonds is 6. The van der Waals surface area contributed by atoms with Crippen LogP contribution in [0, 0.1) is 6.92 Å². The average Bonchev–Trinajstić information content (AvgIpc) is 2.55. The molecule has 1 aliphatic carbocycles. The van der Waals surface area contributed by atoms with Crippen molar-refractivity contribution in [2.45, 2.75) is 39.5 Å². The molecule has 0 saturated heterocycles. The fraction of sp³-hybridized carbons (Fsp3) is 0.389. The van der Waals surface area contributed by atoms with Crippen molar-refractivity contribution in [2.75, 3.05) is 12.4 Å². The lowest BCUT2D eigenvalue weighted by atomic mass is 10.0. The molecule has 1 N–H and O–H groups in total. The maximum atomic E-state index is 13.5. The highest BCUT2D eigenvalue weighted by Crippen LogP contribution is 2.27. The molecule has 0 bridgehead atoms. The molecule has 0 aliphatic heterocycles. The molecule has 0 aromatic heterocycles. The van der Waals surface area contributed by atoms with Crippen molar-refractivity contribution in [3.63, 3.8) is 0 Å². The van der Waals surface area contributed by atoms with Gasteiger partial charge in [-0.1, -0.05) is 46.2 Å². The summed E-state index contributed by atoms with van der Waals surface area (Å²) < 4.78 is 14.0. The van der Waals surface area contributed by atoms with Crippen LogP contribution in [0.25, 0.3) is 0 Å². The second-order valence-corrected chi connectivity index (χ2v) is 6.32. The van der Waals surface area contributed by atoms with Crippen LogP contribution in [0.15, 0.2) is 45.6 Å². The highest BCUT2D eigenvalue weighted by Gasteiger charge is 2.17. The summed E-state index contributed by atoms with van der Waals surface area (Å²) in [6.07, 6.45) is 3.79. The smallest absolute Gasteiger partial charge is 0.144 e. The molecule has 5 heteroatoms. The van der Waals surface area contributed by atoms with E-state index in [1.165, 1.54) is 0 Å². The Bertz CT molecular complexity index is 652. The lowest BCUT2D eigenvalue weighted by Crippen LogP contribution is -2.09. The quantitative estimate of drug-likeness (QED) is 0.538. The molecule has 1 aromatic carbocycles. The zero-order valence-corrected chi connectivity index (χ0v) is 15.3. The van der Waals surface area contributed by atoms with Gasteiger partial charge in [0.25, 0.3) is 0 Å². The molecule has 2 rings (SSSR count). The van der Waals surface area contributed by atoms with Crippen LogP contribution < -0.4 is 5.32 Å². The molecule has 0 saturated carbocycles. The van der Waals surface area contributed by atoms with E-state index in [0.29, 0.717) is 17.5 Å². The van der Waals surface area contributed by atoms with E-state index in [1.807, 2.05) is 32.2 Å². The highest BCUT2D eigenvalue weighted by molar-refractivity contribution is 9.11. The topological polar surface area (TPSA) is 33.6 Å². The van der Waals surface area contributed by atoms with Crippen molar-refractivity contribution in [3.8, 4) is 0 Å². The van der Waals surface area contributed by atoms with Crippen LogP contribution in [0.5, 0.6) is 0 Å². The lowest BCUT2D eigenvalue weighted by Gasteiger charge is -2.15. The van der Waals surface area contributed by atoms with Crippen LogP contribution in [-0.4, -0.2) is 18.9 Å². The van der Waals surface area contributed by atoms with E-state index in [0.717, 1.165) is 34.5 Å². The SMILES string of the molecule is CC/C(=N/OCc1c(C)cccc1NC)C1=CCC(F)C(Br)=C1. The van der Waals surface area contributed by atoms with Crippen LogP contribution in [0.2, 0.25) is 0 Å². The minimum Gasteiger partial charge on any atom is -0.391 e. The van der Waals surface area contributed by atoms with Crippen LogP contribution in [-0.2, 0) is 11.4 Å². The molecule has 1 aliphatic rings. The Kier molecular flexibility index (Phi) is 6.39. The van der Waals surface area contributed by atoms with E-state index in [-0.39, 0.29) is 0 Å². The summed E-state index contributed by atoms with van der Waals surface area (Å²) in [4.78, 5) is 5.58. The summed E-state index contributed by atoms with van der Waals surface area (Å²) in [6, 6.07) is 6.07. The summed E-state index contributed by atoms with van der Waals surface area (Å²) in [5.74, 6) is 0. The number of halogens is 2. The number of hydrogen-bond donors (Lipinski definition) is 1. The van der Waals surface area contributed by atoms with Crippen molar-refractivity contribution in [2.24, 2.45) is 5.16 Å². The predicted molar refractivity (Wildman–Crippen MR) is 97.8 cm³/mol. The monoisotopic (exact) mass is 380 g/mol. The molecule has 0 spiro atoms. The van der Waals surface area contributed by atoms with Gasteiger partial charge in [0.1, 0.15) is 12.8 Å². The minimum atomic E-state index is -0.956. The number of benzene rings is 1. The van der Waals surface area contributed by atoms with E-state index >= 15 is 0 Å². The first kappa shape index (κ1) is 17.7. The molecule has 1 aromatic rings. The second kappa shape index (κ2) is 8.29. The van der Waals surface area contributed by atoms with E-state index in [1.54, 1.807) is 6.08 Å². The number of allylic oxidation sites excluding steroid dienone is 4. The first-order valence-corrected chi connectivity index (χ1v) is 8.52. The molecule has 124 valence electrons. The van der Waals surface area contributed by atoms with E-state index in [9.17, 15) is 4.39 Å². The highest BCUT2D eigenvalue weighted by atomic mass is 79.9. The van der Waals surface area contributed by atoms with Gasteiger partial charge in [-0.2, -0.15) is 0 Å². The third kappa shape index (κ3) is 4.44. The standard InChI is InChI=1S/C18H22BrFN2O/c1-4-17(13-8-9-16(20)15(19)10-13)22-23-11-14-12(2)6-5-7-18(14)21-3/h5-8,10,16,21H,4,9,11H2,1-3H3/b22-17-. The molecule has 0 radical (unpaired) electrons. The summed E-state index contributed by atoms with van der Waals surface area (Å²) in [5, 5.41) is 7.44. The van der Waals surface area contributed by atoms with Crippen molar-refractivity contribution >= 4 is 27.3 Å². The molecule has 0 heterocycles. The van der Waals surface area contributed by atoms with Gasteiger partial charge in [0.2, 0.25) is 0 Å². The molecular formula is C18H22BrFN2O.